The molecule has 0 bridgehead atoms. The Hall–Kier alpha value is -1.30. The quantitative estimate of drug-likeness (QED) is 0.696. The van der Waals surface area contributed by atoms with Gasteiger partial charge in [-0.15, -0.1) is 0 Å². The van der Waals surface area contributed by atoms with Crippen LogP contribution in [-0.2, 0) is 9.59 Å². The molecule has 5 nitrogen and oxygen atoms in total. The van der Waals surface area contributed by atoms with E-state index < -0.39 is 0 Å². The zero-order valence-corrected chi connectivity index (χ0v) is 17.8. The van der Waals surface area contributed by atoms with Crippen molar-refractivity contribution < 1.29 is 9.59 Å². The van der Waals surface area contributed by atoms with Crippen molar-refractivity contribution in [1.82, 2.24) is 15.1 Å². The van der Waals surface area contributed by atoms with Crippen LogP contribution in [0.25, 0.3) is 0 Å². The lowest BCUT2D eigenvalue weighted by Gasteiger charge is -2.38. The molecule has 2 rings (SSSR count). The van der Waals surface area contributed by atoms with Crippen LogP contribution in [0.4, 0.5) is 0 Å². The van der Waals surface area contributed by atoms with Crippen molar-refractivity contribution in [2.75, 3.05) is 39.3 Å². The summed E-state index contributed by atoms with van der Waals surface area (Å²) < 4.78 is 0. The summed E-state index contributed by atoms with van der Waals surface area (Å²) in [5.74, 6) is 0.380. The molecule has 1 aromatic carbocycles. The van der Waals surface area contributed by atoms with Gasteiger partial charge < -0.3 is 10.2 Å². The summed E-state index contributed by atoms with van der Waals surface area (Å²) in [7, 11) is 0. The molecule has 1 aliphatic rings. The monoisotopic (exact) mass is 413 g/mol. The van der Waals surface area contributed by atoms with Crippen molar-refractivity contribution in [2.24, 2.45) is 5.41 Å². The van der Waals surface area contributed by atoms with E-state index in [9.17, 15) is 9.59 Å². The number of nitrogens with zero attached hydrogens (tertiary/aromatic N) is 2. The zero-order chi connectivity index (χ0) is 20.0. The number of hydrogen-bond acceptors (Lipinski definition) is 3. The third-order valence-electron chi connectivity index (χ3n) is 4.96. The summed E-state index contributed by atoms with van der Waals surface area (Å²) in [6.45, 7) is 10.6. The number of halogens is 2. The Morgan fingerprint density at radius 3 is 2.41 bits per heavy atom. The number of carbonyl (C=O) groups is 2. The molecule has 0 spiro atoms. The molecule has 27 heavy (non-hydrogen) atoms. The van der Waals surface area contributed by atoms with Gasteiger partial charge in [-0.3, -0.25) is 14.5 Å². The molecule has 1 atom stereocenters. The molecule has 1 aromatic rings. The van der Waals surface area contributed by atoms with Crippen LogP contribution in [0.2, 0.25) is 10.0 Å². The second-order valence-corrected chi connectivity index (χ2v) is 8.88. The van der Waals surface area contributed by atoms with Gasteiger partial charge in [-0.2, -0.15) is 0 Å². The van der Waals surface area contributed by atoms with Crippen LogP contribution in [0, 0.1) is 5.41 Å². The molecule has 7 heteroatoms. The van der Waals surface area contributed by atoms with E-state index in [4.69, 9.17) is 23.2 Å². The first-order valence-corrected chi connectivity index (χ1v) is 10.1. The van der Waals surface area contributed by atoms with Gasteiger partial charge in [0.05, 0.1) is 10.0 Å². The minimum Gasteiger partial charge on any atom is -0.358 e. The Morgan fingerprint density at radius 2 is 1.85 bits per heavy atom. The summed E-state index contributed by atoms with van der Waals surface area (Å²) in [4.78, 5) is 27.5. The van der Waals surface area contributed by atoms with Crippen molar-refractivity contribution in [2.45, 2.75) is 33.1 Å². The Balaban J connectivity index is 1.91. The molecule has 150 valence electrons. The highest BCUT2D eigenvalue weighted by molar-refractivity contribution is 6.42. The van der Waals surface area contributed by atoms with E-state index in [-0.39, 0.29) is 17.2 Å². The predicted octanol–water partition coefficient (Wildman–Crippen LogP) is 3.40. The number of amides is 2. The predicted molar refractivity (Wildman–Crippen MR) is 110 cm³/mol. The highest BCUT2D eigenvalue weighted by Crippen LogP contribution is 2.28. The molecular weight excluding hydrogens is 385 g/mol. The molecule has 0 aromatic heterocycles. The van der Waals surface area contributed by atoms with Crippen LogP contribution in [0.3, 0.4) is 0 Å². The first-order chi connectivity index (χ1) is 12.7. The topological polar surface area (TPSA) is 52.7 Å². The Morgan fingerprint density at radius 1 is 1.19 bits per heavy atom. The Labute approximate surface area is 172 Å². The van der Waals surface area contributed by atoms with Gasteiger partial charge in [-0.25, -0.2) is 0 Å². The van der Waals surface area contributed by atoms with Gasteiger partial charge in [-0.1, -0.05) is 50.0 Å². The molecule has 2 amide bonds. The van der Waals surface area contributed by atoms with Gasteiger partial charge in [0, 0.05) is 44.1 Å². The standard InChI is InChI=1S/C20H29Cl2N3O2/c1-20(2,3)19(27)25-10-8-24(9-11-25)7-6-16(13-23-14-26)15-4-5-17(21)18(22)12-15/h4-5,12,14,16H,6-11,13H2,1-3H3,(H,23,26)/t16-/m1/s1. The van der Waals surface area contributed by atoms with Crippen LogP contribution in [0.1, 0.15) is 38.7 Å². The number of hydrogen-bond donors (Lipinski definition) is 1. The van der Waals surface area contributed by atoms with Crippen molar-refractivity contribution in [1.29, 1.82) is 0 Å². The number of benzene rings is 1. The molecule has 1 saturated heterocycles. The largest absolute Gasteiger partial charge is 0.358 e. The molecule has 0 unspecified atom stereocenters. The van der Waals surface area contributed by atoms with Crippen LogP contribution in [0.5, 0.6) is 0 Å². The van der Waals surface area contributed by atoms with Crippen molar-refractivity contribution in [3.63, 3.8) is 0 Å². The molecule has 1 N–H and O–H groups in total. The van der Waals surface area contributed by atoms with E-state index in [2.05, 4.69) is 10.2 Å². The summed E-state index contributed by atoms with van der Waals surface area (Å²) in [6, 6.07) is 5.64. The number of piperazine rings is 1. The number of carbonyl (C=O) groups excluding carboxylic acids is 2. The van der Waals surface area contributed by atoms with E-state index in [0.29, 0.717) is 16.6 Å². The van der Waals surface area contributed by atoms with Crippen LogP contribution in [0.15, 0.2) is 18.2 Å². The third kappa shape index (κ3) is 6.37. The Bertz CT molecular complexity index is 653. The normalized spacial score (nSPS) is 16.9. The SMILES string of the molecule is CC(C)(C)C(=O)N1CCN(CC[C@H](CNC=O)c2ccc(Cl)c(Cl)c2)CC1. The average molecular weight is 414 g/mol. The minimum absolute atomic E-state index is 0.166. The van der Waals surface area contributed by atoms with E-state index >= 15 is 0 Å². The van der Waals surface area contributed by atoms with E-state index in [1.807, 2.05) is 37.8 Å². The minimum atomic E-state index is -0.332. The van der Waals surface area contributed by atoms with Crippen LogP contribution >= 0.6 is 23.2 Å². The van der Waals surface area contributed by atoms with Gasteiger partial charge in [0.1, 0.15) is 0 Å². The van der Waals surface area contributed by atoms with Crippen LogP contribution in [-0.4, -0.2) is 61.4 Å². The van der Waals surface area contributed by atoms with Gasteiger partial charge in [0.2, 0.25) is 12.3 Å². The molecule has 1 aliphatic heterocycles. The smallest absolute Gasteiger partial charge is 0.228 e. The lowest BCUT2D eigenvalue weighted by atomic mass is 9.94. The maximum Gasteiger partial charge on any atom is 0.228 e. The van der Waals surface area contributed by atoms with E-state index in [0.717, 1.165) is 51.1 Å². The first-order valence-electron chi connectivity index (χ1n) is 9.36. The lowest BCUT2D eigenvalue weighted by Crippen LogP contribution is -2.51. The molecule has 0 radical (unpaired) electrons. The fourth-order valence-electron chi connectivity index (χ4n) is 3.33. The highest BCUT2D eigenvalue weighted by atomic mass is 35.5. The number of rotatable bonds is 7. The fraction of sp³-hybridized carbons (Fsp3) is 0.600. The molecule has 1 fully saturated rings. The van der Waals surface area contributed by atoms with Crippen LogP contribution < -0.4 is 5.32 Å². The zero-order valence-electron chi connectivity index (χ0n) is 16.3. The molecular formula is C20H29Cl2N3O2. The van der Waals surface area contributed by atoms with E-state index in [1.165, 1.54) is 0 Å². The van der Waals surface area contributed by atoms with Gasteiger partial charge in [-0.05, 0) is 30.7 Å². The summed E-state index contributed by atoms with van der Waals surface area (Å²) in [6.07, 6.45) is 1.62. The average Bonchev–Trinajstić information content (AvgIpc) is 2.63. The molecule has 1 heterocycles. The van der Waals surface area contributed by atoms with Crippen molar-refractivity contribution in [3.05, 3.63) is 33.8 Å². The summed E-state index contributed by atoms with van der Waals surface area (Å²) in [5, 5.41) is 3.84. The highest BCUT2D eigenvalue weighted by Gasteiger charge is 2.29. The van der Waals surface area contributed by atoms with Crippen molar-refractivity contribution >= 4 is 35.5 Å². The van der Waals surface area contributed by atoms with Gasteiger partial charge in [0.25, 0.3) is 0 Å². The van der Waals surface area contributed by atoms with Gasteiger partial charge >= 0.3 is 0 Å². The molecule has 0 saturated carbocycles. The second kappa shape index (κ2) is 9.76. The van der Waals surface area contributed by atoms with E-state index in [1.54, 1.807) is 6.07 Å². The van der Waals surface area contributed by atoms with Gasteiger partial charge in [0.15, 0.2) is 0 Å². The maximum atomic E-state index is 12.4. The fourth-order valence-corrected chi connectivity index (χ4v) is 3.64. The first kappa shape index (κ1) is 22.0. The second-order valence-electron chi connectivity index (χ2n) is 8.07. The Kier molecular flexibility index (Phi) is 7.95. The third-order valence-corrected chi connectivity index (χ3v) is 5.70. The summed E-state index contributed by atoms with van der Waals surface area (Å²) in [5.41, 5.74) is 0.738. The van der Waals surface area contributed by atoms with Crippen molar-refractivity contribution in [3.8, 4) is 0 Å². The summed E-state index contributed by atoms with van der Waals surface area (Å²) >= 11 is 12.2. The lowest BCUT2D eigenvalue weighted by molar-refractivity contribution is -0.141. The number of nitrogens with one attached hydrogen (secondary N) is 1. The maximum absolute atomic E-state index is 12.4. The molecule has 0 aliphatic carbocycles.